The van der Waals surface area contributed by atoms with Crippen molar-refractivity contribution in [3.63, 3.8) is 0 Å². The van der Waals surface area contributed by atoms with Gasteiger partial charge in [-0.1, -0.05) is 29.5 Å². The molecule has 5 atom stereocenters. The number of hydrogen-bond acceptors (Lipinski definition) is 4. The number of alkyl halides is 1. The summed E-state index contributed by atoms with van der Waals surface area (Å²) in [5.74, 6) is 0.192. The van der Waals surface area contributed by atoms with E-state index in [2.05, 4.69) is 22.6 Å². The van der Waals surface area contributed by atoms with Crippen molar-refractivity contribution in [3.8, 4) is 0 Å². The van der Waals surface area contributed by atoms with Crippen molar-refractivity contribution in [1.82, 2.24) is 0 Å². The summed E-state index contributed by atoms with van der Waals surface area (Å²) in [6, 6.07) is 0. The van der Waals surface area contributed by atoms with Crippen molar-refractivity contribution in [3.05, 3.63) is 0 Å². The molecule has 4 aliphatic rings. The zero-order valence-electron chi connectivity index (χ0n) is 12.8. The summed E-state index contributed by atoms with van der Waals surface area (Å²) < 4.78 is 5.46. The third-order valence-corrected chi connectivity index (χ3v) is 7.04. The fourth-order valence-electron chi connectivity index (χ4n) is 5.23. The van der Waals surface area contributed by atoms with Gasteiger partial charge in [0.1, 0.15) is 9.02 Å². The molecule has 0 amide bonds. The second kappa shape index (κ2) is 4.81. The third-order valence-electron chi connectivity index (χ3n) is 5.84. The predicted molar refractivity (Wildman–Crippen MR) is 87.2 cm³/mol. The van der Waals surface area contributed by atoms with Crippen LogP contribution in [0.5, 0.6) is 0 Å². The van der Waals surface area contributed by atoms with Gasteiger partial charge in [0.15, 0.2) is 0 Å². The van der Waals surface area contributed by atoms with Crippen LogP contribution in [0.25, 0.3) is 0 Å². The highest BCUT2D eigenvalue weighted by molar-refractivity contribution is 14.1. The molecule has 2 N–H and O–H groups in total. The lowest BCUT2D eigenvalue weighted by Gasteiger charge is -2.63. The largest absolute Gasteiger partial charge is 0.458 e. The second-order valence-electron chi connectivity index (χ2n) is 8.01. The average molecular weight is 408 g/mol. The van der Waals surface area contributed by atoms with E-state index in [1.54, 1.807) is 0 Å². The number of halogens is 1. The summed E-state index contributed by atoms with van der Waals surface area (Å²) in [6.07, 6.45) is 5.23. The molecular weight excluding hydrogens is 383 g/mol. The number of aliphatic hydroxyl groups excluding tert-OH is 1. The minimum atomic E-state index is -0.754. The summed E-state index contributed by atoms with van der Waals surface area (Å²) in [6.45, 7) is 3.96. The molecule has 4 rings (SSSR count). The smallest absolute Gasteiger partial charge is 0.322 e. The SMILES string of the molecule is CCC(C)(I)C(=O)OC12CC3CC(O)(CC(CO)(C3)C1)C2. The molecule has 0 aromatic carbocycles. The van der Waals surface area contributed by atoms with E-state index in [1.807, 2.05) is 13.8 Å². The number of carbonyl (C=O) groups is 1. The molecule has 0 radical (unpaired) electrons. The summed E-state index contributed by atoms with van der Waals surface area (Å²) in [5.41, 5.74) is -1.56. The number of ether oxygens (including phenoxy) is 1. The molecule has 4 aliphatic carbocycles. The normalized spacial score (nSPS) is 47.2. The molecule has 21 heavy (non-hydrogen) atoms. The lowest BCUT2D eigenvalue weighted by molar-refractivity contribution is -0.249. The highest BCUT2D eigenvalue weighted by Gasteiger charge is 2.64. The number of hydrogen-bond donors (Lipinski definition) is 2. The Morgan fingerprint density at radius 1 is 1.33 bits per heavy atom. The Morgan fingerprint density at radius 2 is 2.05 bits per heavy atom. The molecule has 0 aromatic rings. The van der Waals surface area contributed by atoms with Gasteiger partial charge in [-0.3, -0.25) is 4.79 Å². The molecule has 4 nitrogen and oxygen atoms in total. The topological polar surface area (TPSA) is 66.8 Å². The molecule has 0 aliphatic heterocycles. The van der Waals surface area contributed by atoms with Crippen molar-refractivity contribution in [2.24, 2.45) is 11.3 Å². The summed E-state index contributed by atoms with van der Waals surface area (Å²) in [5, 5.41) is 20.7. The van der Waals surface area contributed by atoms with Crippen molar-refractivity contribution in [2.45, 2.75) is 73.4 Å². The van der Waals surface area contributed by atoms with Crippen LogP contribution in [0.15, 0.2) is 0 Å². The van der Waals surface area contributed by atoms with E-state index in [9.17, 15) is 15.0 Å². The van der Waals surface area contributed by atoms with Crippen LogP contribution in [0, 0.1) is 11.3 Å². The van der Waals surface area contributed by atoms with Crippen molar-refractivity contribution >= 4 is 28.6 Å². The maximum Gasteiger partial charge on any atom is 0.322 e. The lowest BCUT2D eigenvalue weighted by Crippen LogP contribution is -2.65. The first kappa shape index (κ1) is 16.0. The van der Waals surface area contributed by atoms with Crippen LogP contribution in [-0.4, -0.2) is 37.4 Å². The first-order valence-electron chi connectivity index (χ1n) is 7.91. The number of rotatable bonds is 4. The van der Waals surface area contributed by atoms with Gasteiger partial charge in [-0.05, 0) is 51.4 Å². The van der Waals surface area contributed by atoms with E-state index in [-0.39, 0.29) is 18.0 Å². The monoisotopic (exact) mass is 408 g/mol. The minimum absolute atomic E-state index is 0.0837. The van der Waals surface area contributed by atoms with Crippen LogP contribution < -0.4 is 0 Å². The summed E-state index contributed by atoms with van der Waals surface area (Å²) in [4.78, 5) is 12.5. The van der Waals surface area contributed by atoms with Gasteiger partial charge in [0.05, 0.1) is 5.60 Å². The van der Waals surface area contributed by atoms with Crippen molar-refractivity contribution in [1.29, 1.82) is 0 Å². The van der Waals surface area contributed by atoms with E-state index >= 15 is 0 Å². The highest BCUT2D eigenvalue weighted by atomic mass is 127. The van der Waals surface area contributed by atoms with Gasteiger partial charge in [0.25, 0.3) is 0 Å². The zero-order chi connectivity index (χ0) is 15.5. The Labute approximate surface area is 139 Å². The van der Waals surface area contributed by atoms with Crippen LogP contribution in [0.2, 0.25) is 0 Å². The highest BCUT2D eigenvalue weighted by Crippen LogP contribution is 2.64. The molecule has 0 spiro atoms. The van der Waals surface area contributed by atoms with Crippen molar-refractivity contribution in [2.75, 3.05) is 6.61 Å². The van der Waals surface area contributed by atoms with E-state index in [0.717, 1.165) is 25.7 Å². The molecule has 0 heterocycles. The third kappa shape index (κ3) is 2.63. The molecule has 5 heteroatoms. The molecule has 4 bridgehead atoms. The van der Waals surface area contributed by atoms with Crippen molar-refractivity contribution < 1.29 is 19.7 Å². The molecule has 5 unspecified atom stereocenters. The van der Waals surface area contributed by atoms with Crippen LogP contribution in [0.1, 0.15) is 58.8 Å². The summed E-state index contributed by atoms with van der Waals surface area (Å²) >= 11 is 2.15. The van der Waals surface area contributed by atoms with E-state index in [0.29, 0.717) is 25.2 Å². The molecule has 0 aromatic heterocycles. The lowest BCUT2D eigenvalue weighted by atomic mass is 9.46. The van der Waals surface area contributed by atoms with Crippen LogP contribution in [-0.2, 0) is 9.53 Å². The fraction of sp³-hybridized carbons (Fsp3) is 0.938. The first-order chi connectivity index (χ1) is 9.66. The van der Waals surface area contributed by atoms with E-state index < -0.39 is 14.6 Å². The quantitative estimate of drug-likeness (QED) is 0.427. The standard InChI is InChI=1S/C16H25IO4/c1-3-13(2,17)12(19)21-16-6-11-4-14(8-16,10-18)7-15(20,5-11)9-16/h11,18,20H,3-10H2,1-2H3. The Balaban J connectivity index is 1.86. The van der Waals surface area contributed by atoms with Gasteiger partial charge in [-0.2, -0.15) is 0 Å². The number of aliphatic hydroxyl groups is 2. The van der Waals surface area contributed by atoms with Gasteiger partial charge in [0, 0.05) is 18.4 Å². The van der Waals surface area contributed by atoms with Crippen LogP contribution in [0.4, 0.5) is 0 Å². The number of esters is 1. The van der Waals surface area contributed by atoms with Gasteiger partial charge in [-0.25, -0.2) is 0 Å². The van der Waals surface area contributed by atoms with E-state index in [1.165, 1.54) is 0 Å². The fourth-order valence-corrected chi connectivity index (χ4v) is 5.34. The molecule has 0 saturated heterocycles. The van der Waals surface area contributed by atoms with E-state index in [4.69, 9.17) is 4.74 Å². The summed E-state index contributed by atoms with van der Waals surface area (Å²) in [7, 11) is 0. The molecule has 4 saturated carbocycles. The number of carbonyl (C=O) groups excluding carboxylic acids is 1. The molecule has 4 fully saturated rings. The first-order valence-corrected chi connectivity index (χ1v) is 8.99. The maximum atomic E-state index is 12.5. The average Bonchev–Trinajstić information content (AvgIpc) is 2.35. The Kier molecular flexibility index (Phi) is 3.66. The van der Waals surface area contributed by atoms with Crippen LogP contribution in [0.3, 0.4) is 0 Å². The Hall–Kier alpha value is 0.120. The van der Waals surface area contributed by atoms with Gasteiger partial charge in [-0.15, -0.1) is 0 Å². The van der Waals surface area contributed by atoms with Gasteiger partial charge in [0.2, 0.25) is 0 Å². The Morgan fingerprint density at radius 3 is 2.62 bits per heavy atom. The molecule has 120 valence electrons. The maximum absolute atomic E-state index is 12.5. The Bertz CT molecular complexity index is 465. The van der Waals surface area contributed by atoms with Gasteiger partial charge >= 0.3 is 5.97 Å². The van der Waals surface area contributed by atoms with Crippen LogP contribution >= 0.6 is 22.6 Å². The predicted octanol–water partition coefficient (Wildman–Crippen LogP) is 2.58. The van der Waals surface area contributed by atoms with Gasteiger partial charge < -0.3 is 14.9 Å². The minimum Gasteiger partial charge on any atom is -0.458 e. The zero-order valence-corrected chi connectivity index (χ0v) is 15.0. The molecular formula is C16H25IO4. The second-order valence-corrected chi connectivity index (χ2v) is 10.4.